The predicted octanol–water partition coefficient (Wildman–Crippen LogP) is 2.00. The molecule has 1 aromatic rings. The van der Waals surface area contributed by atoms with E-state index in [0.29, 0.717) is 36.3 Å². The number of aliphatic carboxylic acids is 1. The van der Waals surface area contributed by atoms with E-state index in [2.05, 4.69) is 4.90 Å². The fraction of sp³-hybridized carbons (Fsp3) is 0.619. The van der Waals surface area contributed by atoms with Crippen molar-refractivity contribution >= 4 is 35.1 Å². The van der Waals surface area contributed by atoms with Gasteiger partial charge in [0, 0.05) is 13.1 Å². The van der Waals surface area contributed by atoms with Crippen molar-refractivity contribution in [3.05, 3.63) is 33.8 Å². The van der Waals surface area contributed by atoms with Gasteiger partial charge >= 0.3 is 5.97 Å². The topological polar surface area (TPSA) is 73.3 Å². The normalized spacial score (nSPS) is 27.8. The summed E-state index contributed by atoms with van der Waals surface area (Å²) in [5.41, 5.74) is 0.823. The third-order valence-electron chi connectivity index (χ3n) is 6.43. The molecule has 0 aliphatic carbocycles. The van der Waals surface area contributed by atoms with Crippen LogP contribution in [0.4, 0.5) is 0 Å². The molecule has 30 heavy (non-hydrogen) atoms. The van der Waals surface area contributed by atoms with Crippen LogP contribution >= 0.6 is 23.2 Å². The molecule has 0 bridgehead atoms. The molecule has 3 fully saturated rings. The van der Waals surface area contributed by atoms with Crippen LogP contribution in [0.25, 0.3) is 0 Å². The molecule has 0 aromatic heterocycles. The lowest BCUT2D eigenvalue weighted by atomic mass is 9.91. The summed E-state index contributed by atoms with van der Waals surface area (Å²) in [4.78, 5) is 31.1. The zero-order valence-corrected chi connectivity index (χ0v) is 18.3. The molecule has 0 saturated carbocycles. The monoisotopic (exact) mass is 455 g/mol. The van der Waals surface area contributed by atoms with Crippen LogP contribution < -0.4 is 0 Å². The summed E-state index contributed by atoms with van der Waals surface area (Å²) in [5.74, 6) is -0.822. The molecule has 7 nitrogen and oxygen atoms in total. The number of carbonyl (C=O) groups is 2. The van der Waals surface area contributed by atoms with Crippen LogP contribution in [0.15, 0.2) is 18.2 Å². The predicted molar refractivity (Wildman–Crippen MR) is 114 cm³/mol. The molecule has 9 heteroatoms. The second-order valence-corrected chi connectivity index (χ2v) is 9.10. The summed E-state index contributed by atoms with van der Waals surface area (Å²) in [5, 5.41) is 10.3. The van der Waals surface area contributed by atoms with E-state index in [4.69, 9.17) is 27.9 Å². The fourth-order valence-electron chi connectivity index (χ4n) is 5.03. The number of piperazine rings is 1. The number of amides is 1. The summed E-state index contributed by atoms with van der Waals surface area (Å²) in [7, 11) is 0. The van der Waals surface area contributed by atoms with Crippen LogP contribution in [-0.2, 0) is 20.7 Å². The summed E-state index contributed by atoms with van der Waals surface area (Å²) in [6.45, 7) is 4.00. The lowest BCUT2D eigenvalue weighted by Gasteiger charge is -2.54. The van der Waals surface area contributed by atoms with E-state index in [1.165, 1.54) is 0 Å². The average molecular weight is 456 g/mol. The van der Waals surface area contributed by atoms with Crippen molar-refractivity contribution < 1.29 is 19.4 Å². The number of ether oxygens (including phenoxy) is 1. The Kier molecular flexibility index (Phi) is 6.85. The molecule has 3 atom stereocenters. The van der Waals surface area contributed by atoms with E-state index in [-0.39, 0.29) is 37.0 Å². The van der Waals surface area contributed by atoms with Gasteiger partial charge in [-0.1, -0.05) is 29.3 Å². The van der Waals surface area contributed by atoms with E-state index in [0.717, 1.165) is 31.5 Å². The minimum Gasteiger partial charge on any atom is -0.480 e. The van der Waals surface area contributed by atoms with Crippen molar-refractivity contribution in [1.82, 2.24) is 14.7 Å². The quantitative estimate of drug-likeness (QED) is 0.731. The van der Waals surface area contributed by atoms with Gasteiger partial charge in [-0.2, -0.15) is 0 Å². The number of halogens is 2. The molecular formula is C21H27Cl2N3O4. The molecule has 4 rings (SSSR count). The van der Waals surface area contributed by atoms with E-state index in [1.807, 2.05) is 15.9 Å². The van der Waals surface area contributed by atoms with Crippen molar-refractivity contribution in [2.45, 2.75) is 37.4 Å². The maximum absolute atomic E-state index is 13.4. The molecule has 3 aliphatic heterocycles. The Morgan fingerprint density at radius 1 is 1.03 bits per heavy atom. The maximum Gasteiger partial charge on any atom is 0.317 e. The van der Waals surface area contributed by atoms with E-state index >= 15 is 0 Å². The van der Waals surface area contributed by atoms with E-state index < -0.39 is 5.97 Å². The molecule has 1 amide bonds. The molecule has 3 aliphatic rings. The van der Waals surface area contributed by atoms with Gasteiger partial charge in [0.2, 0.25) is 5.91 Å². The lowest BCUT2D eigenvalue weighted by Crippen LogP contribution is -2.72. The van der Waals surface area contributed by atoms with Crippen LogP contribution in [0.5, 0.6) is 0 Å². The zero-order valence-electron chi connectivity index (χ0n) is 16.8. The van der Waals surface area contributed by atoms with Gasteiger partial charge in [0.15, 0.2) is 0 Å². The van der Waals surface area contributed by atoms with Gasteiger partial charge in [-0.15, -0.1) is 0 Å². The number of fused-ring (bicyclic) bond motifs is 1. The first kappa shape index (κ1) is 21.8. The lowest BCUT2D eigenvalue weighted by molar-refractivity contribution is -0.156. The Bertz CT molecular complexity index is 802. The van der Waals surface area contributed by atoms with Crippen molar-refractivity contribution in [2.24, 2.45) is 0 Å². The Morgan fingerprint density at radius 3 is 2.47 bits per heavy atom. The van der Waals surface area contributed by atoms with Crippen molar-refractivity contribution in [3.8, 4) is 0 Å². The molecule has 0 spiro atoms. The first-order valence-corrected chi connectivity index (χ1v) is 11.2. The van der Waals surface area contributed by atoms with Gasteiger partial charge in [-0.05, 0) is 43.6 Å². The number of rotatable bonds is 5. The Balaban J connectivity index is 1.57. The Labute approximate surface area is 186 Å². The minimum absolute atomic E-state index is 0.0319. The van der Waals surface area contributed by atoms with Crippen molar-refractivity contribution in [3.63, 3.8) is 0 Å². The number of likely N-dealkylation sites (tertiary alicyclic amines) is 1. The number of hydrogen-bond donors (Lipinski definition) is 1. The van der Waals surface area contributed by atoms with Crippen LogP contribution in [0.3, 0.4) is 0 Å². The number of benzene rings is 1. The highest BCUT2D eigenvalue weighted by molar-refractivity contribution is 6.42. The molecular weight excluding hydrogens is 429 g/mol. The van der Waals surface area contributed by atoms with Gasteiger partial charge in [0.25, 0.3) is 0 Å². The first-order chi connectivity index (χ1) is 14.4. The van der Waals surface area contributed by atoms with Crippen LogP contribution in [-0.4, -0.2) is 95.7 Å². The summed E-state index contributed by atoms with van der Waals surface area (Å²) < 4.78 is 5.90. The SMILES string of the molecule is O=C(O)CN1CCN(C(=O)Cc2ccc(Cl)c(Cl)c2)[C@@H]2C(N3CCCC3)COC[C@H]21. The average Bonchev–Trinajstić information content (AvgIpc) is 3.25. The second-order valence-electron chi connectivity index (χ2n) is 8.28. The summed E-state index contributed by atoms with van der Waals surface area (Å²) in [6, 6.07) is 5.16. The fourth-order valence-corrected chi connectivity index (χ4v) is 5.35. The van der Waals surface area contributed by atoms with Gasteiger partial charge in [0.1, 0.15) is 0 Å². The van der Waals surface area contributed by atoms with Crippen molar-refractivity contribution in [2.75, 3.05) is 45.9 Å². The second kappa shape index (κ2) is 9.40. The summed E-state index contributed by atoms with van der Waals surface area (Å²) in [6.07, 6.45) is 2.53. The Hall–Kier alpha value is -1.38. The molecule has 0 radical (unpaired) electrons. The highest BCUT2D eigenvalue weighted by atomic mass is 35.5. The van der Waals surface area contributed by atoms with Gasteiger partial charge in [0.05, 0.1) is 54.4 Å². The van der Waals surface area contributed by atoms with Crippen LogP contribution in [0, 0.1) is 0 Å². The number of carbonyl (C=O) groups excluding carboxylic acids is 1. The molecule has 3 heterocycles. The highest BCUT2D eigenvalue weighted by Crippen LogP contribution is 2.30. The minimum atomic E-state index is -0.854. The smallest absolute Gasteiger partial charge is 0.317 e. The number of hydrogen-bond acceptors (Lipinski definition) is 5. The van der Waals surface area contributed by atoms with E-state index in [1.54, 1.807) is 12.1 Å². The van der Waals surface area contributed by atoms with E-state index in [9.17, 15) is 14.7 Å². The molecule has 1 aromatic carbocycles. The maximum atomic E-state index is 13.4. The zero-order chi connectivity index (χ0) is 21.3. The molecule has 164 valence electrons. The first-order valence-electron chi connectivity index (χ1n) is 10.4. The third kappa shape index (κ3) is 4.60. The largest absolute Gasteiger partial charge is 0.480 e. The Morgan fingerprint density at radius 2 is 1.77 bits per heavy atom. The third-order valence-corrected chi connectivity index (χ3v) is 7.17. The summed E-state index contributed by atoms with van der Waals surface area (Å²) >= 11 is 12.1. The van der Waals surface area contributed by atoms with Crippen LogP contribution in [0.2, 0.25) is 10.0 Å². The van der Waals surface area contributed by atoms with Gasteiger partial charge < -0.3 is 14.7 Å². The highest BCUT2D eigenvalue weighted by Gasteiger charge is 2.48. The number of carboxylic acids is 1. The van der Waals surface area contributed by atoms with Gasteiger partial charge in [-0.25, -0.2) is 0 Å². The van der Waals surface area contributed by atoms with Crippen LogP contribution in [0.1, 0.15) is 18.4 Å². The molecule has 1 N–H and O–H groups in total. The van der Waals surface area contributed by atoms with Crippen molar-refractivity contribution in [1.29, 1.82) is 0 Å². The number of nitrogens with zero attached hydrogens (tertiary/aromatic N) is 3. The molecule has 3 saturated heterocycles. The number of carboxylic acid groups (broad SMARTS) is 1. The van der Waals surface area contributed by atoms with Gasteiger partial charge in [-0.3, -0.25) is 19.4 Å². The molecule has 1 unspecified atom stereocenters. The standard InChI is InChI=1S/C21H27Cl2N3O4/c22-15-4-3-14(9-16(15)23)10-19(27)26-8-7-25(11-20(28)29)18-13-30-12-17(21(18)26)24-5-1-2-6-24/h3-4,9,17-18,21H,1-2,5-8,10-13H2,(H,28,29)/t17?,18-,21-/m1/s1.